The van der Waals surface area contributed by atoms with Crippen molar-refractivity contribution in [1.82, 2.24) is 4.31 Å². The molecule has 1 aliphatic heterocycles. The Morgan fingerprint density at radius 3 is 2.47 bits per heavy atom. The molecule has 3 aliphatic rings. The first kappa shape index (κ1) is 11.9. The number of hydrogen-bond acceptors (Lipinski definition) is 2. The van der Waals surface area contributed by atoms with Crippen LogP contribution in [0.2, 0.25) is 0 Å². The van der Waals surface area contributed by atoms with Crippen LogP contribution in [0.15, 0.2) is 0 Å². The SMILES string of the molecule is CC1CCC(N2SC3CCCCC3C2=O)CC1. The van der Waals surface area contributed by atoms with Crippen molar-refractivity contribution >= 4 is 17.9 Å². The number of rotatable bonds is 1. The quantitative estimate of drug-likeness (QED) is 0.665. The lowest BCUT2D eigenvalue weighted by molar-refractivity contribution is -0.131. The molecule has 2 nitrogen and oxygen atoms in total. The number of amides is 1. The molecule has 17 heavy (non-hydrogen) atoms. The lowest BCUT2D eigenvalue weighted by atomic mass is 9.85. The molecule has 2 unspecified atom stereocenters. The third-order valence-electron chi connectivity index (χ3n) is 4.80. The molecule has 96 valence electrons. The number of carbonyl (C=O) groups excluding carboxylic acids is 1. The highest BCUT2D eigenvalue weighted by atomic mass is 32.2. The largest absolute Gasteiger partial charge is 0.283 e. The molecular formula is C14H23NOS. The summed E-state index contributed by atoms with van der Waals surface area (Å²) in [5.41, 5.74) is 0. The maximum Gasteiger partial charge on any atom is 0.236 e. The molecule has 3 heteroatoms. The minimum absolute atomic E-state index is 0.369. The lowest BCUT2D eigenvalue weighted by Gasteiger charge is -2.32. The molecule has 0 bridgehead atoms. The van der Waals surface area contributed by atoms with E-state index in [1.807, 2.05) is 11.9 Å². The Kier molecular flexibility index (Phi) is 3.38. The molecule has 3 fully saturated rings. The van der Waals surface area contributed by atoms with Crippen molar-refractivity contribution in [3.8, 4) is 0 Å². The van der Waals surface area contributed by atoms with E-state index in [2.05, 4.69) is 11.2 Å². The van der Waals surface area contributed by atoms with Crippen LogP contribution in [-0.2, 0) is 4.79 Å². The first-order chi connectivity index (χ1) is 8.25. The molecule has 2 saturated carbocycles. The van der Waals surface area contributed by atoms with Crippen molar-refractivity contribution in [2.24, 2.45) is 11.8 Å². The van der Waals surface area contributed by atoms with Gasteiger partial charge in [-0.15, -0.1) is 0 Å². The number of nitrogens with zero attached hydrogens (tertiary/aromatic N) is 1. The summed E-state index contributed by atoms with van der Waals surface area (Å²) < 4.78 is 2.19. The van der Waals surface area contributed by atoms with Crippen LogP contribution in [0.4, 0.5) is 0 Å². The van der Waals surface area contributed by atoms with Crippen LogP contribution < -0.4 is 0 Å². The average Bonchev–Trinajstić information content (AvgIpc) is 2.69. The molecule has 2 atom stereocenters. The summed E-state index contributed by atoms with van der Waals surface area (Å²) in [6.07, 6.45) is 10.1. The fraction of sp³-hybridized carbons (Fsp3) is 0.929. The zero-order chi connectivity index (χ0) is 11.8. The highest BCUT2D eigenvalue weighted by molar-refractivity contribution is 7.98. The molecule has 2 aliphatic carbocycles. The highest BCUT2D eigenvalue weighted by Gasteiger charge is 2.45. The maximum atomic E-state index is 12.4. The summed E-state index contributed by atoms with van der Waals surface area (Å²) in [5.74, 6) is 1.71. The summed E-state index contributed by atoms with van der Waals surface area (Å²) >= 11 is 1.89. The normalized spacial score (nSPS) is 42.6. The Bertz CT molecular complexity index is 299. The van der Waals surface area contributed by atoms with E-state index in [4.69, 9.17) is 0 Å². The van der Waals surface area contributed by atoms with Gasteiger partial charge in [0.1, 0.15) is 0 Å². The Morgan fingerprint density at radius 1 is 1.06 bits per heavy atom. The van der Waals surface area contributed by atoms with Gasteiger partial charge in [0.2, 0.25) is 5.91 Å². The molecule has 1 saturated heterocycles. The Hall–Kier alpha value is -0.180. The molecule has 0 aromatic carbocycles. The van der Waals surface area contributed by atoms with Gasteiger partial charge in [-0.05, 0) is 56.4 Å². The molecule has 0 radical (unpaired) electrons. The summed E-state index contributed by atoms with van der Waals surface area (Å²) in [4.78, 5) is 12.4. The zero-order valence-corrected chi connectivity index (χ0v) is 11.5. The van der Waals surface area contributed by atoms with Gasteiger partial charge in [-0.3, -0.25) is 9.10 Å². The zero-order valence-electron chi connectivity index (χ0n) is 10.7. The van der Waals surface area contributed by atoms with Crippen LogP contribution in [-0.4, -0.2) is 21.5 Å². The van der Waals surface area contributed by atoms with Crippen LogP contribution in [0.5, 0.6) is 0 Å². The van der Waals surface area contributed by atoms with Gasteiger partial charge in [0, 0.05) is 11.3 Å². The second-order valence-electron chi connectivity index (χ2n) is 6.11. The highest BCUT2D eigenvalue weighted by Crippen LogP contribution is 2.46. The second-order valence-corrected chi connectivity index (χ2v) is 7.32. The van der Waals surface area contributed by atoms with E-state index in [1.54, 1.807) is 0 Å². The third kappa shape index (κ3) is 2.23. The number of carbonyl (C=O) groups is 1. The van der Waals surface area contributed by atoms with E-state index in [0.29, 0.717) is 23.1 Å². The minimum Gasteiger partial charge on any atom is -0.283 e. The molecule has 0 N–H and O–H groups in total. The summed E-state index contributed by atoms with van der Waals surface area (Å²) in [7, 11) is 0. The predicted molar refractivity (Wildman–Crippen MR) is 71.6 cm³/mol. The van der Waals surface area contributed by atoms with Crippen LogP contribution in [0.1, 0.15) is 58.3 Å². The van der Waals surface area contributed by atoms with E-state index in [0.717, 1.165) is 12.3 Å². The van der Waals surface area contributed by atoms with Crippen molar-refractivity contribution in [1.29, 1.82) is 0 Å². The molecule has 3 rings (SSSR count). The first-order valence-electron chi connectivity index (χ1n) is 7.25. The van der Waals surface area contributed by atoms with Crippen LogP contribution in [0.3, 0.4) is 0 Å². The van der Waals surface area contributed by atoms with Gasteiger partial charge in [0.05, 0.1) is 5.92 Å². The van der Waals surface area contributed by atoms with E-state index >= 15 is 0 Å². The van der Waals surface area contributed by atoms with E-state index < -0.39 is 0 Å². The van der Waals surface area contributed by atoms with Crippen molar-refractivity contribution < 1.29 is 4.79 Å². The summed E-state index contributed by atoms with van der Waals surface area (Å²) in [6.45, 7) is 2.34. The predicted octanol–water partition coefficient (Wildman–Crippen LogP) is 3.61. The Labute approximate surface area is 109 Å². The van der Waals surface area contributed by atoms with Gasteiger partial charge in [-0.25, -0.2) is 0 Å². The Morgan fingerprint density at radius 2 is 1.76 bits per heavy atom. The summed E-state index contributed by atoms with van der Waals surface area (Å²) in [5, 5.41) is 0.621. The van der Waals surface area contributed by atoms with Crippen molar-refractivity contribution in [2.45, 2.75) is 69.6 Å². The third-order valence-corrected chi connectivity index (χ3v) is 6.34. The van der Waals surface area contributed by atoms with Gasteiger partial charge in [0.25, 0.3) is 0 Å². The van der Waals surface area contributed by atoms with Gasteiger partial charge < -0.3 is 0 Å². The fourth-order valence-electron chi connectivity index (χ4n) is 3.61. The van der Waals surface area contributed by atoms with Gasteiger partial charge in [-0.1, -0.05) is 19.8 Å². The average molecular weight is 253 g/mol. The smallest absolute Gasteiger partial charge is 0.236 e. The number of hydrogen-bond donors (Lipinski definition) is 0. The van der Waals surface area contributed by atoms with Crippen LogP contribution in [0, 0.1) is 11.8 Å². The lowest BCUT2D eigenvalue weighted by Crippen LogP contribution is -2.36. The molecule has 0 aromatic heterocycles. The van der Waals surface area contributed by atoms with Gasteiger partial charge >= 0.3 is 0 Å². The van der Waals surface area contributed by atoms with E-state index in [1.165, 1.54) is 44.9 Å². The van der Waals surface area contributed by atoms with E-state index in [-0.39, 0.29) is 0 Å². The van der Waals surface area contributed by atoms with E-state index in [9.17, 15) is 4.79 Å². The number of fused-ring (bicyclic) bond motifs is 1. The van der Waals surface area contributed by atoms with Gasteiger partial charge in [0.15, 0.2) is 0 Å². The monoisotopic (exact) mass is 253 g/mol. The van der Waals surface area contributed by atoms with Crippen molar-refractivity contribution in [2.75, 3.05) is 0 Å². The second kappa shape index (κ2) is 4.83. The summed E-state index contributed by atoms with van der Waals surface area (Å²) in [6, 6.07) is 0.550. The molecule has 1 amide bonds. The van der Waals surface area contributed by atoms with Crippen molar-refractivity contribution in [3.05, 3.63) is 0 Å². The minimum atomic E-state index is 0.369. The van der Waals surface area contributed by atoms with Gasteiger partial charge in [-0.2, -0.15) is 0 Å². The van der Waals surface area contributed by atoms with Crippen LogP contribution in [0.25, 0.3) is 0 Å². The van der Waals surface area contributed by atoms with Crippen LogP contribution >= 0.6 is 11.9 Å². The standard InChI is InChI=1S/C14H23NOS/c1-10-6-8-11(9-7-10)15-14(16)12-4-2-3-5-13(12)17-15/h10-13H,2-9H2,1H3. The van der Waals surface area contributed by atoms with Crippen molar-refractivity contribution in [3.63, 3.8) is 0 Å². The molecule has 0 spiro atoms. The molecular weight excluding hydrogens is 230 g/mol. The first-order valence-corrected chi connectivity index (χ1v) is 8.09. The topological polar surface area (TPSA) is 20.3 Å². The molecule has 0 aromatic rings. The maximum absolute atomic E-state index is 12.4. The molecule has 1 heterocycles. The Balaban J connectivity index is 1.66. The fourth-order valence-corrected chi connectivity index (χ4v) is 5.20.